The first-order chi connectivity index (χ1) is 7.49. The van der Waals surface area contributed by atoms with Crippen molar-refractivity contribution in [2.45, 2.75) is 25.9 Å². The summed E-state index contributed by atoms with van der Waals surface area (Å²) in [6.07, 6.45) is -0.284. The summed E-state index contributed by atoms with van der Waals surface area (Å²) in [5, 5.41) is 5.51. The van der Waals surface area contributed by atoms with E-state index in [9.17, 15) is 13.2 Å². The van der Waals surface area contributed by atoms with Gasteiger partial charge in [-0.25, -0.2) is 0 Å². The lowest BCUT2D eigenvalue weighted by atomic mass is 10.4. The van der Waals surface area contributed by atoms with Gasteiger partial charge in [0.1, 0.15) is 0 Å². The normalized spacial score (nSPS) is 13.2. The van der Waals surface area contributed by atoms with Crippen molar-refractivity contribution in [3.05, 3.63) is 12.2 Å². The number of nitrogens with zero attached hydrogens (tertiary/aromatic N) is 1. The highest BCUT2D eigenvalue weighted by Gasteiger charge is 2.26. The molecular weight excluding hydrogens is 219 g/mol. The monoisotopic (exact) mass is 237 g/mol. The Kier molecular flexibility index (Phi) is 7.41. The van der Waals surface area contributed by atoms with E-state index in [1.54, 1.807) is 0 Å². The van der Waals surface area contributed by atoms with Crippen molar-refractivity contribution in [2.75, 3.05) is 20.1 Å². The highest BCUT2D eigenvalue weighted by atomic mass is 19.4. The van der Waals surface area contributed by atoms with Crippen LogP contribution < -0.4 is 10.6 Å². The van der Waals surface area contributed by atoms with Gasteiger partial charge in [-0.1, -0.05) is 12.2 Å². The van der Waals surface area contributed by atoms with E-state index >= 15 is 0 Å². The quantitative estimate of drug-likeness (QED) is 0.332. The van der Waals surface area contributed by atoms with Gasteiger partial charge in [-0.2, -0.15) is 13.2 Å². The van der Waals surface area contributed by atoms with Gasteiger partial charge in [-0.05, 0) is 13.3 Å². The molecule has 0 rings (SSSR count). The zero-order chi connectivity index (χ0) is 12.4. The molecule has 0 atom stereocenters. The molecule has 6 heteroatoms. The predicted octanol–water partition coefficient (Wildman–Crippen LogP) is 2.07. The average Bonchev–Trinajstić information content (AvgIpc) is 2.20. The van der Waals surface area contributed by atoms with Gasteiger partial charge in [0.05, 0.1) is 6.42 Å². The summed E-state index contributed by atoms with van der Waals surface area (Å²) in [5.74, 6) is 0.397. The van der Waals surface area contributed by atoms with Crippen molar-refractivity contribution in [3.8, 4) is 0 Å². The van der Waals surface area contributed by atoms with Crippen LogP contribution in [0.4, 0.5) is 13.2 Å². The zero-order valence-electron chi connectivity index (χ0n) is 9.56. The van der Waals surface area contributed by atoms with E-state index in [1.165, 1.54) is 7.05 Å². The van der Waals surface area contributed by atoms with Crippen LogP contribution in [-0.4, -0.2) is 32.3 Å². The molecule has 94 valence electrons. The molecule has 0 aliphatic carbocycles. The van der Waals surface area contributed by atoms with Gasteiger partial charge in [0.25, 0.3) is 0 Å². The minimum absolute atomic E-state index is 0.160. The minimum atomic E-state index is -4.13. The molecule has 0 heterocycles. The van der Waals surface area contributed by atoms with E-state index in [1.807, 2.05) is 19.1 Å². The molecule has 0 radical (unpaired) electrons. The molecule has 0 aromatic heterocycles. The minimum Gasteiger partial charge on any atom is -0.356 e. The molecule has 0 amide bonds. The van der Waals surface area contributed by atoms with Crippen LogP contribution in [0.2, 0.25) is 0 Å². The summed E-state index contributed by atoms with van der Waals surface area (Å²) in [7, 11) is 1.53. The molecule has 0 aliphatic heterocycles. The van der Waals surface area contributed by atoms with Gasteiger partial charge < -0.3 is 10.6 Å². The molecule has 0 fully saturated rings. The van der Waals surface area contributed by atoms with Crippen molar-refractivity contribution in [1.82, 2.24) is 10.6 Å². The molecule has 0 saturated heterocycles. The van der Waals surface area contributed by atoms with Crippen molar-refractivity contribution < 1.29 is 13.2 Å². The van der Waals surface area contributed by atoms with Crippen LogP contribution in [0.1, 0.15) is 19.8 Å². The maximum atomic E-state index is 11.9. The number of aliphatic imine (C=N–C) groups is 1. The van der Waals surface area contributed by atoms with Crippen LogP contribution in [0.3, 0.4) is 0 Å². The fraction of sp³-hybridized carbons (Fsp3) is 0.700. The summed E-state index contributed by atoms with van der Waals surface area (Å²) in [6, 6.07) is 0. The zero-order valence-corrected chi connectivity index (χ0v) is 9.56. The van der Waals surface area contributed by atoms with E-state index in [0.717, 1.165) is 6.42 Å². The first-order valence-electron chi connectivity index (χ1n) is 5.12. The maximum absolute atomic E-state index is 11.9. The molecule has 2 N–H and O–H groups in total. The molecular formula is C10H18F3N3. The summed E-state index contributed by atoms with van der Waals surface area (Å²) in [4.78, 5) is 3.81. The van der Waals surface area contributed by atoms with Crippen molar-refractivity contribution in [1.29, 1.82) is 0 Å². The van der Waals surface area contributed by atoms with Crippen LogP contribution in [0.25, 0.3) is 0 Å². The fourth-order valence-corrected chi connectivity index (χ4v) is 0.984. The number of rotatable bonds is 5. The van der Waals surface area contributed by atoms with Gasteiger partial charge in [0.15, 0.2) is 5.96 Å². The smallest absolute Gasteiger partial charge is 0.356 e. The van der Waals surface area contributed by atoms with E-state index < -0.39 is 12.6 Å². The lowest BCUT2D eigenvalue weighted by molar-refractivity contribution is -0.132. The number of hydrogen-bond acceptors (Lipinski definition) is 1. The predicted molar refractivity (Wildman–Crippen MR) is 59.5 cm³/mol. The van der Waals surface area contributed by atoms with E-state index in [2.05, 4.69) is 15.6 Å². The van der Waals surface area contributed by atoms with Crippen LogP contribution >= 0.6 is 0 Å². The number of hydrogen-bond donors (Lipinski definition) is 2. The maximum Gasteiger partial charge on any atom is 0.390 e. The van der Waals surface area contributed by atoms with Crippen LogP contribution in [0.5, 0.6) is 0 Å². The number of alkyl halides is 3. The van der Waals surface area contributed by atoms with Crippen LogP contribution in [-0.2, 0) is 0 Å². The average molecular weight is 237 g/mol. The van der Waals surface area contributed by atoms with Gasteiger partial charge in [0, 0.05) is 20.1 Å². The largest absolute Gasteiger partial charge is 0.390 e. The first-order valence-corrected chi connectivity index (χ1v) is 5.12. The molecule has 3 nitrogen and oxygen atoms in total. The van der Waals surface area contributed by atoms with Gasteiger partial charge in [-0.15, -0.1) is 0 Å². The number of halogens is 3. The molecule has 0 unspecified atom stereocenters. The second-order valence-electron chi connectivity index (χ2n) is 3.15. The SMILES string of the molecule is C/C=C/CCNC(=NC)NCCC(F)(F)F. The Morgan fingerprint density at radius 3 is 2.38 bits per heavy atom. The van der Waals surface area contributed by atoms with Crippen molar-refractivity contribution >= 4 is 5.96 Å². The Bertz CT molecular complexity index is 234. The summed E-state index contributed by atoms with van der Waals surface area (Å²) in [6.45, 7) is 2.40. The highest BCUT2D eigenvalue weighted by molar-refractivity contribution is 5.79. The van der Waals surface area contributed by atoms with E-state index in [0.29, 0.717) is 12.5 Å². The van der Waals surface area contributed by atoms with Crippen LogP contribution in [0, 0.1) is 0 Å². The highest BCUT2D eigenvalue weighted by Crippen LogP contribution is 2.17. The van der Waals surface area contributed by atoms with Crippen molar-refractivity contribution in [2.24, 2.45) is 4.99 Å². The number of allylic oxidation sites excluding steroid dienone is 1. The lowest BCUT2D eigenvalue weighted by Gasteiger charge is -2.12. The third-order valence-corrected chi connectivity index (χ3v) is 1.76. The molecule has 0 saturated carbocycles. The standard InChI is InChI=1S/C10H18F3N3/c1-3-4-5-7-15-9(14-2)16-8-6-10(11,12)13/h3-4H,5-8H2,1-2H3,(H2,14,15,16)/b4-3+. The molecule has 0 bridgehead atoms. The Balaban J connectivity index is 3.69. The Hall–Kier alpha value is -1.20. The molecule has 0 aliphatic rings. The lowest BCUT2D eigenvalue weighted by Crippen LogP contribution is -2.39. The summed E-state index contributed by atoms with van der Waals surface area (Å²) >= 11 is 0. The Morgan fingerprint density at radius 1 is 1.25 bits per heavy atom. The molecule has 0 aromatic rings. The van der Waals surface area contributed by atoms with Gasteiger partial charge >= 0.3 is 6.18 Å². The van der Waals surface area contributed by atoms with Crippen LogP contribution in [0.15, 0.2) is 17.1 Å². The fourth-order valence-electron chi connectivity index (χ4n) is 0.984. The Labute approximate surface area is 93.8 Å². The topological polar surface area (TPSA) is 36.4 Å². The van der Waals surface area contributed by atoms with E-state index in [-0.39, 0.29) is 6.54 Å². The molecule has 16 heavy (non-hydrogen) atoms. The van der Waals surface area contributed by atoms with E-state index in [4.69, 9.17) is 0 Å². The second kappa shape index (κ2) is 8.01. The van der Waals surface area contributed by atoms with Gasteiger partial charge in [0.2, 0.25) is 0 Å². The third kappa shape index (κ3) is 9.36. The first kappa shape index (κ1) is 14.8. The van der Waals surface area contributed by atoms with Gasteiger partial charge in [-0.3, -0.25) is 4.99 Å². The molecule has 0 spiro atoms. The van der Waals surface area contributed by atoms with Crippen molar-refractivity contribution in [3.63, 3.8) is 0 Å². The Morgan fingerprint density at radius 2 is 1.88 bits per heavy atom. The second-order valence-corrected chi connectivity index (χ2v) is 3.15. The summed E-state index contributed by atoms with van der Waals surface area (Å²) < 4.78 is 35.6. The number of guanidine groups is 1. The third-order valence-electron chi connectivity index (χ3n) is 1.76. The number of nitrogens with one attached hydrogen (secondary N) is 2. The molecule has 0 aromatic carbocycles. The summed E-state index contributed by atoms with van der Waals surface area (Å²) in [5.41, 5.74) is 0.